The van der Waals surface area contributed by atoms with Crippen LogP contribution in [0.1, 0.15) is 13.8 Å². The Morgan fingerprint density at radius 2 is 1.90 bits per heavy atom. The Balaban J connectivity index is 2.28. The summed E-state index contributed by atoms with van der Waals surface area (Å²) in [4.78, 5) is 37.8. The van der Waals surface area contributed by atoms with Crippen LogP contribution >= 0.6 is 0 Å². The largest absolute Gasteiger partial charge is 0.480 e. The van der Waals surface area contributed by atoms with E-state index in [0.29, 0.717) is 0 Å². The molecule has 2 rings (SSSR count). The molecule has 0 saturated carbocycles. The van der Waals surface area contributed by atoms with Crippen molar-refractivity contribution < 1.29 is 19.5 Å². The molecule has 2 atom stereocenters. The van der Waals surface area contributed by atoms with E-state index in [1.807, 2.05) is 30.3 Å². The standard InChI is InChI=1S/C14H16N2O4/c1-9-13(18)16(10(2)14(19)20)12(17)8-15(9)11-6-4-3-5-7-11/h3-7,9-10H,8H2,1-2H3,(H,19,20). The smallest absolute Gasteiger partial charge is 0.326 e. The number of nitrogens with zero attached hydrogens (tertiary/aromatic N) is 2. The second-order valence-corrected chi connectivity index (χ2v) is 4.76. The Kier molecular flexibility index (Phi) is 3.74. The van der Waals surface area contributed by atoms with Crippen molar-refractivity contribution in [1.29, 1.82) is 0 Å². The first-order valence-corrected chi connectivity index (χ1v) is 6.34. The number of hydrogen-bond donors (Lipinski definition) is 1. The van der Waals surface area contributed by atoms with E-state index < -0.39 is 29.9 Å². The molecule has 1 heterocycles. The minimum Gasteiger partial charge on any atom is -0.480 e. The van der Waals surface area contributed by atoms with Gasteiger partial charge in [0.15, 0.2) is 0 Å². The number of carbonyl (C=O) groups excluding carboxylic acids is 2. The number of carboxylic acid groups (broad SMARTS) is 1. The Hall–Kier alpha value is -2.37. The number of hydrogen-bond acceptors (Lipinski definition) is 4. The van der Waals surface area contributed by atoms with Crippen LogP contribution in [0.15, 0.2) is 30.3 Å². The zero-order valence-electron chi connectivity index (χ0n) is 11.3. The third-order valence-electron chi connectivity index (χ3n) is 3.47. The highest BCUT2D eigenvalue weighted by atomic mass is 16.4. The van der Waals surface area contributed by atoms with E-state index in [1.54, 1.807) is 11.8 Å². The van der Waals surface area contributed by atoms with Crippen molar-refractivity contribution in [2.75, 3.05) is 11.4 Å². The number of rotatable bonds is 3. The van der Waals surface area contributed by atoms with Gasteiger partial charge in [0.25, 0.3) is 5.91 Å². The fraction of sp³-hybridized carbons (Fsp3) is 0.357. The summed E-state index contributed by atoms with van der Waals surface area (Å²) in [5.41, 5.74) is 0.768. The van der Waals surface area contributed by atoms with Crippen LogP contribution in [0.25, 0.3) is 0 Å². The number of imide groups is 1. The topological polar surface area (TPSA) is 77.9 Å². The molecule has 2 amide bonds. The number of carboxylic acids is 1. The maximum Gasteiger partial charge on any atom is 0.326 e. The fourth-order valence-corrected chi connectivity index (χ4v) is 2.27. The van der Waals surface area contributed by atoms with Gasteiger partial charge in [-0.15, -0.1) is 0 Å². The van der Waals surface area contributed by atoms with Gasteiger partial charge in [-0.05, 0) is 26.0 Å². The van der Waals surface area contributed by atoms with Crippen molar-refractivity contribution in [2.24, 2.45) is 0 Å². The van der Waals surface area contributed by atoms with Crippen molar-refractivity contribution >= 4 is 23.5 Å². The van der Waals surface area contributed by atoms with Crippen molar-refractivity contribution in [2.45, 2.75) is 25.9 Å². The van der Waals surface area contributed by atoms with Crippen LogP contribution in [0.4, 0.5) is 5.69 Å². The summed E-state index contributed by atoms with van der Waals surface area (Å²) >= 11 is 0. The first kappa shape index (κ1) is 14.0. The molecule has 0 bridgehead atoms. The lowest BCUT2D eigenvalue weighted by Crippen LogP contribution is -2.62. The van der Waals surface area contributed by atoms with E-state index >= 15 is 0 Å². The maximum atomic E-state index is 12.3. The molecule has 0 spiro atoms. The normalized spacial score (nSPS) is 21.0. The number of anilines is 1. The van der Waals surface area contributed by atoms with Gasteiger partial charge >= 0.3 is 5.97 Å². The average molecular weight is 276 g/mol. The molecule has 1 aliphatic rings. The molecule has 1 fully saturated rings. The zero-order chi connectivity index (χ0) is 14.9. The SMILES string of the molecule is CC(C(=O)O)N1C(=O)CN(c2ccccc2)C(C)C1=O. The zero-order valence-corrected chi connectivity index (χ0v) is 11.3. The van der Waals surface area contributed by atoms with E-state index in [4.69, 9.17) is 5.11 Å². The van der Waals surface area contributed by atoms with Gasteiger partial charge in [-0.25, -0.2) is 4.79 Å². The van der Waals surface area contributed by atoms with Crippen molar-refractivity contribution in [1.82, 2.24) is 4.90 Å². The third kappa shape index (κ3) is 2.36. The Bertz CT molecular complexity index is 543. The predicted octanol–water partition coefficient (Wildman–Crippen LogP) is 0.723. The van der Waals surface area contributed by atoms with Crippen LogP contribution in [0, 0.1) is 0 Å². The number of aliphatic carboxylic acids is 1. The highest BCUT2D eigenvalue weighted by Gasteiger charge is 2.41. The van der Waals surface area contributed by atoms with Gasteiger partial charge in [0.2, 0.25) is 5.91 Å². The van der Waals surface area contributed by atoms with Crippen molar-refractivity contribution in [3.63, 3.8) is 0 Å². The Labute approximate surface area is 116 Å². The second-order valence-electron chi connectivity index (χ2n) is 4.76. The lowest BCUT2D eigenvalue weighted by Gasteiger charge is -2.40. The molecule has 0 aromatic heterocycles. The number of piperazine rings is 1. The van der Waals surface area contributed by atoms with E-state index in [-0.39, 0.29) is 6.54 Å². The molecule has 1 aromatic carbocycles. The summed E-state index contributed by atoms with van der Waals surface area (Å²) in [7, 11) is 0. The van der Waals surface area contributed by atoms with Crippen LogP contribution in [-0.2, 0) is 14.4 Å². The van der Waals surface area contributed by atoms with Gasteiger partial charge in [0, 0.05) is 5.69 Å². The third-order valence-corrected chi connectivity index (χ3v) is 3.47. The van der Waals surface area contributed by atoms with E-state index in [0.717, 1.165) is 10.6 Å². The van der Waals surface area contributed by atoms with Gasteiger partial charge in [-0.3, -0.25) is 14.5 Å². The first-order valence-electron chi connectivity index (χ1n) is 6.34. The highest BCUT2D eigenvalue weighted by Crippen LogP contribution is 2.22. The van der Waals surface area contributed by atoms with E-state index in [1.165, 1.54) is 6.92 Å². The molecule has 2 unspecified atom stereocenters. The van der Waals surface area contributed by atoms with Gasteiger partial charge in [0.05, 0.1) is 6.54 Å². The lowest BCUT2D eigenvalue weighted by atomic mass is 10.1. The molecule has 1 aliphatic heterocycles. The number of benzene rings is 1. The molecule has 0 aliphatic carbocycles. The monoisotopic (exact) mass is 276 g/mol. The lowest BCUT2D eigenvalue weighted by molar-refractivity contribution is -0.159. The van der Waals surface area contributed by atoms with Crippen LogP contribution in [-0.4, -0.2) is 46.4 Å². The molecular weight excluding hydrogens is 260 g/mol. The van der Waals surface area contributed by atoms with Gasteiger partial charge in [-0.1, -0.05) is 18.2 Å². The molecule has 6 nitrogen and oxygen atoms in total. The van der Waals surface area contributed by atoms with Crippen LogP contribution in [0.2, 0.25) is 0 Å². The minimum atomic E-state index is -1.19. The van der Waals surface area contributed by atoms with Gasteiger partial charge in [-0.2, -0.15) is 0 Å². The molecule has 6 heteroatoms. The van der Waals surface area contributed by atoms with Crippen molar-refractivity contribution in [3.05, 3.63) is 30.3 Å². The quantitative estimate of drug-likeness (QED) is 0.823. The summed E-state index contributed by atoms with van der Waals surface area (Å²) in [6, 6.07) is 7.40. The summed E-state index contributed by atoms with van der Waals surface area (Å²) in [5.74, 6) is -2.17. The highest BCUT2D eigenvalue weighted by molar-refractivity contribution is 6.06. The molecule has 0 radical (unpaired) electrons. The number of para-hydroxylation sites is 1. The Morgan fingerprint density at radius 3 is 2.45 bits per heavy atom. The molecule has 20 heavy (non-hydrogen) atoms. The van der Waals surface area contributed by atoms with Crippen LogP contribution in [0.5, 0.6) is 0 Å². The van der Waals surface area contributed by atoms with Crippen LogP contribution in [0.3, 0.4) is 0 Å². The first-order chi connectivity index (χ1) is 9.43. The van der Waals surface area contributed by atoms with Gasteiger partial charge < -0.3 is 10.0 Å². The number of amides is 2. The van der Waals surface area contributed by atoms with Gasteiger partial charge in [0.1, 0.15) is 12.1 Å². The van der Waals surface area contributed by atoms with Crippen molar-refractivity contribution in [3.8, 4) is 0 Å². The maximum absolute atomic E-state index is 12.3. The molecule has 1 saturated heterocycles. The molecule has 1 aromatic rings. The molecule has 106 valence electrons. The molecule has 1 N–H and O–H groups in total. The summed E-state index contributed by atoms with van der Waals surface area (Å²) in [6.07, 6.45) is 0. The van der Waals surface area contributed by atoms with E-state index in [9.17, 15) is 14.4 Å². The summed E-state index contributed by atoms with van der Waals surface area (Å²) in [5, 5.41) is 8.98. The average Bonchev–Trinajstić information content (AvgIpc) is 2.43. The predicted molar refractivity (Wildman–Crippen MR) is 72.2 cm³/mol. The summed E-state index contributed by atoms with van der Waals surface area (Å²) < 4.78 is 0. The second kappa shape index (κ2) is 5.32. The number of carbonyl (C=O) groups is 3. The van der Waals surface area contributed by atoms with E-state index in [2.05, 4.69) is 0 Å². The van der Waals surface area contributed by atoms with Crippen LogP contribution < -0.4 is 4.90 Å². The molecular formula is C14H16N2O4. The minimum absolute atomic E-state index is 0.00542. The fourth-order valence-electron chi connectivity index (χ4n) is 2.27. The summed E-state index contributed by atoms with van der Waals surface area (Å²) in [6.45, 7) is 3.00. The Morgan fingerprint density at radius 1 is 1.30 bits per heavy atom.